The molecule has 12 heavy (non-hydrogen) atoms. The zero-order chi connectivity index (χ0) is 9.14. The lowest BCUT2D eigenvalue weighted by Crippen LogP contribution is -1.94. The number of carbonyl (C=O) groups is 1. The van der Waals surface area contributed by atoms with Crippen LogP contribution in [0.15, 0.2) is 16.7 Å². The average Bonchev–Trinajstić information content (AvgIpc) is 2.04. The van der Waals surface area contributed by atoms with E-state index in [2.05, 4.69) is 20.9 Å². The van der Waals surface area contributed by atoms with Gasteiger partial charge in [-0.1, -0.05) is 0 Å². The minimum atomic E-state index is -0.610. The van der Waals surface area contributed by atoms with Gasteiger partial charge in [0.15, 0.2) is 5.69 Å². The normalized spacial score (nSPS) is 9.08. The van der Waals surface area contributed by atoms with Gasteiger partial charge in [-0.2, -0.15) is 5.26 Å². The second-order valence-corrected chi connectivity index (χ2v) is 3.04. The summed E-state index contributed by atoms with van der Waals surface area (Å²) in [5.41, 5.74) is 0.407. The second-order valence-electron chi connectivity index (χ2n) is 1.91. The van der Waals surface area contributed by atoms with Crippen LogP contribution in [0.3, 0.4) is 0 Å². The van der Waals surface area contributed by atoms with Gasteiger partial charge in [0.05, 0.1) is 10.0 Å². The Bertz CT molecular complexity index is 372. The van der Waals surface area contributed by atoms with Crippen molar-refractivity contribution in [1.82, 2.24) is 4.98 Å². The summed E-state index contributed by atoms with van der Waals surface area (Å²) in [6, 6.07) is 3.27. The van der Waals surface area contributed by atoms with Crippen molar-refractivity contribution in [3.05, 3.63) is 28.0 Å². The van der Waals surface area contributed by atoms with Gasteiger partial charge in [0, 0.05) is 6.20 Å². The molecule has 0 unspecified atom stereocenters. The molecule has 5 heteroatoms. The molecule has 0 aliphatic rings. The lowest BCUT2D eigenvalue weighted by molar-refractivity contribution is 0.108. The van der Waals surface area contributed by atoms with Crippen LogP contribution in [0.2, 0.25) is 0 Å². The highest BCUT2D eigenvalue weighted by atomic mass is 79.9. The van der Waals surface area contributed by atoms with Gasteiger partial charge in [-0.3, -0.25) is 4.79 Å². The maximum atomic E-state index is 10.7. The molecule has 1 rings (SSSR count). The van der Waals surface area contributed by atoms with Crippen LogP contribution in [0.4, 0.5) is 0 Å². The van der Waals surface area contributed by atoms with Crippen molar-refractivity contribution < 1.29 is 4.79 Å². The van der Waals surface area contributed by atoms with Gasteiger partial charge in [-0.15, -0.1) is 0 Å². The predicted molar refractivity (Wildman–Crippen MR) is 46.8 cm³/mol. The van der Waals surface area contributed by atoms with Crippen molar-refractivity contribution in [1.29, 1.82) is 5.26 Å². The zero-order valence-electron chi connectivity index (χ0n) is 5.71. The number of aromatic nitrogens is 1. The smallest absolute Gasteiger partial charge is 0.253 e. The fraction of sp³-hybridized carbons (Fsp3) is 0. The van der Waals surface area contributed by atoms with Gasteiger partial charge in [0.25, 0.3) is 5.24 Å². The molecule has 0 atom stereocenters. The highest BCUT2D eigenvalue weighted by molar-refractivity contribution is 9.10. The molecule has 60 valence electrons. The summed E-state index contributed by atoms with van der Waals surface area (Å²) in [6.45, 7) is 0. The summed E-state index contributed by atoms with van der Waals surface area (Å²) in [7, 11) is 0. The number of rotatable bonds is 1. The minimum absolute atomic E-state index is 0.154. The Morgan fingerprint density at radius 3 is 2.92 bits per heavy atom. The van der Waals surface area contributed by atoms with Gasteiger partial charge >= 0.3 is 0 Å². The first kappa shape index (κ1) is 9.17. The van der Waals surface area contributed by atoms with Gasteiger partial charge in [-0.05, 0) is 33.6 Å². The van der Waals surface area contributed by atoms with Gasteiger partial charge in [-0.25, -0.2) is 4.98 Å². The number of nitriles is 1. The average molecular weight is 245 g/mol. The van der Waals surface area contributed by atoms with Crippen molar-refractivity contribution in [3.8, 4) is 6.07 Å². The SMILES string of the molecule is N#Cc1nccc(C(=O)Cl)c1Br. The molecule has 0 spiro atoms. The third-order valence-corrected chi connectivity index (χ3v) is 2.21. The molecule has 1 aromatic heterocycles. The Morgan fingerprint density at radius 2 is 2.42 bits per heavy atom. The van der Waals surface area contributed by atoms with Crippen molar-refractivity contribution in [2.24, 2.45) is 0 Å². The van der Waals surface area contributed by atoms with E-state index >= 15 is 0 Å². The standard InChI is InChI=1S/C7H2BrClN2O/c8-6-4(7(9)12)1-2-11-5(6)3-10/h1-2H. The molecular formula is C7H2BrClN2O. The lowest BCUT2D eigenvalue weighted by Gasteiger charge is -1.97. The van der Waals surface area contributed by atoms with Gasteiger partial charge in [0.1, 0.15) is 6.07 Å². The van der Waals surface area contributed by atoms with E-state index in [4.69, 9.17) is 16.9 Å². The molecule has 0 saturated heterocycles. The predicted octanol–water partition coefficient (Wildman–Crippen LogP) is 2.09. The first-order valence-electron chi connectivity index (χ1n) is 2.91. The van der Waals surface area contributed by atoms with Crippen LogP contribution in [0.25, 0.3) is 0 Å². The van der Waals surface area contributed by atoms with Crippen LogP contribution in [-0.4, -0.2) is 10.2 Å². The van der Waals surface area contributed by atoms with Crippen LogP contribution in [0, 0.1) is 11.3 Å². The first-order valence-corrected chi connectivity index (χ1v) is 4.08. The van der Waals surface area contributed by atoms with Crippen LogP contribution in [0.5, 0.6) is 0 Å². The third kappa shape index (κ3) is 1.63. The van der Waals surface area contributed by atoms with E-state index in [1.807, 2.05) is 6.07 Å². The number of carbonyl (C=O) groups excluding carboxylic acids is 1. The number of halogens is 2. The Balaban J connectivity index is 3.35. The van der Waals surface area contributed by atoms with E-state index in [1.54, 1.807) is 0 Å². The molecule has 0 aliphatic carbocycles. The summed E-state index contributed by atoms with van der Waals surface area (Å²) in [5.74, 6) is 0. The van der Waals surface area contributed by atoms with Crippen LogP contribution in [-0.2, 0) is 0 Å². The lowest BCUT2D eigenvalue weighted by atomic mass is 10.2. The first-order chi connectivity index (χ1) is 5.66. The van der Waals surface area contributed by atoms with E-state index in [9.17, 15) is 4.79 Å². The molecule has 0 amide bonds. The van der Waals surface area contributed by atoms with Crippen LogP contribution < -0.4 is 0 Å². The zero-order valence-corrected chi connectivity index (χ0v) is 8.06. The van der Waals surface area contributed by atoms with E-state index in [0.717, 1.165) is 0 Å². The maximum absolute atomic E-state index is 10.7. The Morgan fingerprint density at radius 1 is 1.75 bits per heavy atom. The van der Waals surface area contributed by atoms with Crippen LogP contribution in [0.1, 0.15) is 16.1 Å². The van der Waals surface area contributed by atoms with Gasteiger partial charge in [0.2, 0.25) is 0 Å². The van der Waals surface area contributed by atoms with E-state index in [1.165, 1.54) is 12.3 Å². The Labute approximate surface area is 82.1 Å². The number of hydrogen-bond donors (Lipinski definition) is 0. The van der Waals surface area contributed by atoms with Crippen molar-refractivity contribution in [3.63, 3.8) is 0 Å². The number of pyridine rings is 1. The van der Waals surface area contributed by atoms with Gasteiger partial charge < -0.3 is 0 Å². The van der Waals surface area contributed by atoms with Crippen molar-refractivity contribution in [2.75, 3.05) is 0 Å². The van der Waals surface area contributed by atoms with E-state index < -0.39 is 5.24 Å². The Kier molecular flexibility index (Phi) is 2.79. The molecule has 0 bridgehead atoms. The molecule has 0 radical (unpaired) electrons. The highest BCUT2D eigenvalue weighted by Gasteiger charge is 2.10. The number of nitrogens with zero attached hydrogens (tertiary/aromatic N) is 2. The monoisotopic (exact) mass is 244 g/mol. The molecule has 0 fully saturated rings. The summed E-state index contributed by atoms with van der Waals surface area (Å²) in [4.78, 5) is 14.5. The van der Waals surface area contributed by atoms with Crippen LogP contribution >= 0.6 is 27.5 Å². The second kappa shape index (κ2) is 3.65. The third-order valence-electron chi connectivity index (χ3n) is 1.21. The van der Waals surface area contributed by atoms with Crippen molar-refractivity contribution in [2.45, 2.75) is 0 Å². The summed E-state index contributed by atoms with van der Waals surface area (Å²) in [6.07, 6.45) is 1.36. The molecule has 0 N–H and O–H groups in total. The fourth-order valence-corrected chi connectivity index (χ4v) is 1.45. The molecule has 0 aromatic carbocycles. The van der Waals surface area contributed by atoms with E-state index in [0.29, 0.717) is 4.47 Å². The number of hydrogen-bond acceptors (Lipinski definition) is 3. The molecule has 3 nitrogen and oxygen atoms in total. The molecule has 1 heterocycles. The summed E-state index contributed by atoms with van der Waals surface area (Å²) in [5, 5.41) is 7.92. The topological polar surface area (TPSA) is 53.8 Å². The molecule has 0 saturated carbocycles. The fourth-order valence-electron chi connectivity index (χ4n) is 0.673. The quantitative estimate of drug-likeness (QED) is 0.712. The Hall–Kier alpha value is -0.920. The molecule has 0 aliphatic heterocycles. The maximum Gasteiger partial charge on any atom is 0.253 e. The summed E-state index contributed by atoms with van der Waals surface area (Å²) < 4.78 is 0.340. The minimum Gasteiger partial charge on any atom is -0.276 e. The largest absolute Gasteiger partial charge is 0.276 e. The molecule has 1 aromatic rings. The van der Waals surface area contributed by atoms with Crippen molar-refractivity contribution >= 4 is 32.8 Å². The molecular weight excluding hydrogens is 243 g/mol. The van der Waals surface area contributed by atoms with E-state index in [-0.39, 0.29) is 11.3 Å². The summed E-state index contributed by atoms with van der Waals surface area (Å²) >= 11 is 8.28. The highest BCUT2D eigenvalue weighted by Crippen LogP contribution is 2.20.